The van der Waals surface area contributed by atoms with Crippen molar-refractivity contribution in [2.24, 2.45) is 11.8 Å². The van der Waals surface area contributed by atoms with Crippen LogP contribution in [-0.2, 0) is 9.53 Å². The molecule has 100 valence electrons. The van der Waals surface area contributed by atoms with E-state index in [1.54, 1.807) is 7.11 Å². The highest BCUT2D eigenvalue weighted by atomic mass is 16.5. The summed E-state index contributed by atoms with van der Waals surface area (Å²) in [5.41, 5.74) is 0. The van der Waals surface area contributed by atoms with E-state index >= 15 is 0 Å². The summed E-state index contributed by atoms with van der Waals surface area (Å²) in [6.07, 6.45) is 4.60. The molecule has 4 nitrogen and oxygen atoms in total. The van der Waals surface area contributed by atoms with Gasteiger partial charge in [-0.15, -0.1) is 0 Å². The largest absolute Gasteiger partial charge is 0.383 e. The maximum Gasteiger partial charge on any atom is 0.223 e. The first-order chi connectivity index (χ1) is 8.24. The molecule has 17 heavy (non-hydrogen) atoms. The topological polar surface area (TPSA) is 50.4 Å². The number of amides is 1. The van der Waals surface area contributed by atoms with Crippen molar-refractivity contribution in [1.82, 2.24) is 10.6 Å². The predicted molar refractivity (Wildman–Crippen MR) is 68.9 cm³/mol. The number of methoxy groups -OCH3 is 1. The molecule has 1 fully saturated rings. The Bertz CT molecular complexity index is 221. The van der Waals surface area contributed by atoms with Crippen LogP contribution in [0, 0.1) is 11.8 Å². The fourth-order valence-electron chi connectivity index (χ4n) is 2.39. The number of carbonyl (C=O) groups is 1. The molecule has 2 atom stereocenters. The molecule has 0 unspecified atom stereocenters. The zero-order valence-electron chi connectivity index (χ0n) is 11.1. The number of carbonyl (C=O) groups excluding carboxylic acids is 1. The fraction of sp³-hybridized carbons (Fsp3) is 0.923. The fourth-order valence-corrected chi connectivity index (χ4v) is 2.39. The Hall–Kier alpha value is -0.610. The first-order valence-corrected chi connectivity index (χ1v) is 6.71. The molecule has 0 aromatic heterocycles. The highest BCUT2D eigenvalue weighted by molar-refractivity contribution is 5.78. The molecule has 2 N–H and O–H groups in total. The second-order valence-electron chi connectivity index (χ2n) is 5.00. The summed E-state index contributed by atoms with van der Waals surface area (Å²) >= 11 is 0. The van der Waals surface area contributed by atoms with Gasteiger partial charge in [0.1, 0.15) is 0 Å². The minimum atomic E-state index is 0.241. The maximum atomic E-state index is 11.9. The first kappa shape index (κ1) is 14.5. The van der Waals surface area contributed by atoms with Gasteiger partial charge in [-0.25, -0.2) is 0 Å². The first-order valence-electron chi connectivity index (χ1n) is 6.71. The maximum absolute atomic E-state index is 11.9. The number of hydrogen-bond donors (Lipinski definition) is 2. The van der Waals surface area contributed by atoms with Crippen LogP contribution in [0.3, 0.4) is 0 Å². The number of hydrogen-bond acceptors (Lipinski definition) is 3. The summed E-state index contributed by atoms with van der Waals surface area (Å²) in [4.78, 5) is 11.9. The predicted octanol–water partition coefficient (Wildman–Crippen LogP) is 1.16. The molecule has 1 amide bonds. The minimum Gasteiger partial charge on any atom is -0.383 e. The second kappa shape index (κ2) is 8.48. The molecule has 0 bridgehead atoms. The third-order valence-electron chi connectivity index (χ3n) is 3.39. The summed E-state index contributed by atoms with van der Waals surface area (Å²) in [7, 11) is 1.69. The number of ether oxygens (including phenoxy) is 1. The van der Waals surface area contributed by atoms with Gasteiger partial charge in [-0.05, 0) is 18.8 Å². The van der Waals surface area contributed by atoms with Gasteiger partial charge in [-0.2, -0.15) is 0 Å². The molecule has 1 saturated carbocycles. The lowest BCUT2D eigenvalue weighted by molar-refractivity contribution is -0.126. The lowest BCUT2D eigenvalue weighted by atomic mass is 9.82. The molecular weight excluding hydrogens is 216 g/mol. The van der Waals surface area contributed by atoms with E-state index in [9.17, 15) is 4.79 Å². The van der Waals surface area contributed by atoms with Crippen LogP contribution in [0.4, 0.5) is 0 Å². The standard InChI is InChI=1S/C13H26N2O2/c1-11-4-3-5-12(10-11)13(16)15-7-6-14-8-9-17-2/h11-12,14H,3-10H2,1-2H3,(H,15,16)/t11-,12-/m1/s1. The van der Waals surface area contributed by atoms with Crippen molar-refractivity contribution in [2.45, 2.75) is 32.6 Å². The van der Waals surface area contributed by atoms with Gasteiger partial charge in [-0.1, -0.05) is 19.8 Å². The summed E-state index contributed by atoms with van der Waals surface area (Å²) in [6.45, 7) is 5.33. The smallest absolute Gasteiger partial charge is 0.223 e. The quantitative estimate of drug-likeness (QED) is 0.659. The van der Waals surface area contributed by atoms with Crippen molar-refractivity contribution in [1.29, 1.82) is 0 Å². The molecule has 0 aromatic rings. The van der Waals surface area contributed by atoms with E-state index in [0.717, 1.165) is 25.9 Å². The third kappa shape index (κ3) is 6.03. The highest BCUT2D eigenvalue weighted by Gasteiger charge is 2.24. The Balaban J connectivity index is 2.04. The average Bonchev–Trinajstić information content (AvgIpc) is 2.33. The van der Waals surface area contributed by atoms with E-state index in [1.807, 2.05) is 0 Å². The molecule has 0 aromatic carbocycles. The van der Waals surface area contributed by atoms with Crippen LogP contribution in [0.25, 0.3) is 0 Å². The molecule has 0 spiro atoms. The molecular formula is C13H26N2O2. The number of rotatable bonds is 7. The average molecular weight is 242 g/mol. The van der Waals surface area contributed by atoms with Gasteiger partial charge in [0.25, 0.3) is 0 Å². The second-order valence-corrected chi connectivity index (χ2v) is 5.00. The van der Waals surface area contributed by atoms with Crippen LogP contribution in [0.15, 0.2) is 0 Å². The van der Waals surface area contributed by atoms with Gasteiger partial charge in [0, 0.05) is 32.7 Å². The zero-order valence-corrected chi connectivity index (χ0v) is 11.1. The van der Waals surface area contributed by atoms with E-state index in [2.05, 4.69) is 17.6 Å². The summed E-state index contributed by atoms with van der Waals surface area (Å²) in [5, 5.41) is 6.22. The van der Waals surface area contributed by atoms with Crippen molar-refractivity contribution in [3.8, 4) is 0 Å². The van der Waals surface area contributed by atoms with Crippen LogP contribution in [0.5, 0.6) is 0 Å². The van der Waals surface area contributed by atoms with Gasteiger partial charge < -0.3 is 15.4 Å². The minimum absolute atomic E-state index is 0.241. The molecule has 0 saturated heterocycles. The van der Waals surface area contributed by atoms with E-state index < -0.39 is 0 Å². The molecule has 1 rings (SSSR count). The molecule has 1 aliphatic carbocycles. The Morgan fingerprint density at radius 3 is 2.82 bits per heavy atom. The van der Waals surface area contributed by atoms with Crippen LogP contribution in [-0.4, -0.2) is 39.3 Å². The van der Waals surface area contributed by atoms with Crippen molar-refractivity contribution in [3.05, 3.63) is 0 Å². The van der Waals surface area contributed by atoms with Crippen LogP contribution in [0.2, 0.25) is 0 Å². The molecule has 1 aliphatic rings. The SMILES string of the molecule is COCCNCCNC(=O)[C@@H]1CCC[C@@H](C)C1. The van der Waals surface area contributed by atoms with Crippen LogP contribution in [0.1, 0.15) is 32.6 Å². The molecule has 0 aliphatic heterocycles. The molecule has 4 heteroatoms. The van der Waals surface area contributed by atoms with Gasteiger partial charge in [-0.3, -0.25) is 4.79 Å². The lowest BCUT2D eigenvalue weighted by Gasteiger charge is -2.25. The molecule has 0 heterocycles. The van der Waals surface area contributed by atoms with Crippen molar-refractivity contribution in [3.63, 3.8) is 0 Å². The Morgan fingerprint density at radius 1 is 1.29 bits per heavy atom. The lowest BCUT2D eigenvalue weighted by Crippen LogP contribution is -2.38. The van der Waals surface area contributed by atoms with Gasteiger partial charge in [0.05, 0.1) is 6.61 Å². The van der Waals surface area contributed by atoms with Crippen molar-refractivity contribution >= 4 is 5.91 Å². The highest BCUT2D eigenvalue weighted by Crippen LogP contribution is 2.28. The summed E-state index contributed by atoms with van der Waals surface area (Å²) < 4.78 is 4.93. The van der Waals surface area contributed by atoms with Gasteiger partial charge >= 0.3 is 0 Å². The molecule has 0 radical (unpaired) electrons. The van der Waals surface area contributed by atoms with E-state index in [-0.39, 0.29) is 11.8 Å². The van der Waals surface area contributed by atoms with Crippen molar-refractivity contribution < 1.29 is 9.53 Å². The Morgan fingerprint density at radius 2 is 2.12 bits per heavy atom. The van der Waals surface area contributed by atoms with E-state index in [0.29, 0.717) is 19.1 Å². The Labute approximate surface area is 104 Å². The van der Waals surface area contributed by atoms with Crippen LogP contribution < -0.4 is 10.6 Å². The van der Waals surface area contributed by atoms with Gasteiger partial charge in [0.15, 0.2) is 0 Å². The third-order valence-corrected chi connectivity index (χ3v) is 3.39. The Kier molecular flexibility index (Phi) is 7.21. The van der Waals surface area contributed by atoms with Crippen LogP contribution >= 0.6 is 0 Å². The zero-order chi connectivity index (χ0) is 12.5. The van der Waals surface area contributed by atoms with Gasteiger partial charge in [0.2, 0.25) is 5.91 Å². The summed E-state index contributed by atoms with van der Waals surface area (Å²) in [6, 6.07) is 0. The van der Waals surface area contributed by atoms with E-state index in [4.69, 9.17) is 4.74 Å². The van der Waals surface area contributed by atoms with Crippen molar-refractivity contribution in [2.75, 3.05) is 33.4 Å². The summed E-state index contributed by atoms with van der Waals surface area (Å²) in [5.74, 6) is 1.20. The monoisotopic (exact) mass is 242 g/mol. The number of nitrogens with one attached hydrogen (secondary N) is 2. The van der Waals surface area contributed by atoms with E-state index in [1.165, 1.54) is 12.8 Å². The normalized spacial score (nSPS) is 24.6.